The maximum absolute atomic E-state index is 12.4. The van der Waals surface area contributed by atoms with Gasteiger partial charge in [-0.2, -0.15) is 5.10 Å². The van der Waals surface area contributed by atoms with Crippen molar-refractivity contribution < 1.29 is 4.79 Å². The molecule has 5 nitrogen and oxygen atoms in total. The third kappa shape index (κ3) is 3.44. The lowest BCUT2D eigenvalue weighted by atomic mass is 10.1. The van der Waals surface area contributed by atoms with Gasteiger partial charge in [-0.25, -0.2) is 0 Å². The summed E-state index contributed by atoms with van der Waals surface area (Å²) in [7, 11) is 0. The van der Waals surface area contributed by atoms with E-state index in [1.54, 1.807) is 11.3 Å². The van der Waals surface area contributed by atoms with E-state index < -0.39 is 0 Å². The first kappa shape index (κ1) is 15.9. The van der Waals surface area contributed by atoms with E-state index in [1.165, 1.54) is 4.88 Å². The normalized spacial score (nSPS) is 17.0. The van der Waals surface area contributed by atoms with Crippen LogP contribution in [0.3, 0.4) is 0 Å². The number of aromatic nitrogens is 2. The molecular weight excluding hydrogens is 332 g/mol. The average Bonchev–Trinajstić information content (AvgIpc) is 3.35. The Morgan fingerprint density at radius 3 is 3.04 bits per heavy atom. The zero-order chi connectivity index (χ0) is 17.2. The molecule has 0 radical (unpaired) electrons. The molecule has 1 aliphatic rings. The highest BCUT2D eigenvalue weighted by Gasteiger charge is 2.26. The van der Waals surface area contributed by atoms with Crippen molar-refractivity contribution in [2.24, 2.45) is 0 Å². The Balaban J connectivity index is 1.39. The first-order chi connectivity index (χ1) is 12.2. The maximum Gasteiger partial charge on any atom is 0.251 e. The predicted molar refractivity (Wildman–Crippen MR) is 101 cm³/mol. The second-order valence-corrected chi connectivity index (χ2v) is 7.34. The highest BCUT2D eigenvalue weighted by atomic mass is 32.1. The van der Waals surface area contributed by atoms with Crippen LogP contribution in [0, 0.1) is 6.92 Å². The van der Waals surface area contributed by atoms with Gasteiger partial charge in [0.25, 0.3) is 5.91 Å². The van der Waals surface area contributed by atoms with Crippen molar-refractivity contribution >= 4 is 23.1 Å². The second kappa shape index (κ2) is 6.72. The van der Waals surface area contributed by atoms with Gasteiger partial charge in [0.2, 0.25) is 0 Å². The van der Waals surface area contributed by atoms with Gasteiger partial charge in [-0.1, -0.05) is 23.8 Å². The van der Waals surface area contributed by atoms with Gasteiger partial charge in [-0.3, -0.25) is 9.89 Å². The number of H-pyrrole nitrogens is 1. The van der Waals surface area contributed by atoms with Crippen LogP contribution in [0.1, 0.15) is 22.3 Å². The van der Waals surface area contributed by atoms with Crippen molar-refractivity contribution in [3.8, 4) is 10.6 Å². The summed E-state index contributed by atoms with van der Waals surface area (Å²) in [4.78, 5) is 15.8. The van der Waals surface area contributed by atoms with E-state index in [0.29, 0.717) is 0 Å². The average molecular weight is 352 g/mol. The summed E-state index contributed by atoms with van der Waals surface area (Å²) in [5, 5.41) is 12.7. The summed E-state index contributed by atoms with van der Waals surface area (Å²) in [5.74, 6) is 0.938. The third-order valence-electron chi connectivity index (χ3n) is 4.48. The van der Waals surface area contributed by atoms with Crippen LogP contribution < -0.4 is 10.2 Å². The molecule has 6 heteroatoms. The molecule has 2 N–H and O–H groups in total. The number of nitrogens with zero attached hydrogens (tertiary/aromatic N) is 2. The molecule has 0 aliphatic carbocycles. The van der Waals surface area contributed by atoms with Crippen molar-refractivity contribution in [2.45, 2.75) is 19.4 Å². The van der Waals surface area contributed by atoms with Crippen LogP contribution in [0.15, 0.2) is 47.8 Å². The molecule has 1 fully saturated rings. The van der Waals surface area contributed by atoms with Gasteiger partial charge in [-0.05, 0) is 36.9 Å². The Labute approximate surface area is 150 Å². The molecule has 1 aromatic carbocycles. The summed E-state index contributed by atoms with van der Waals surface area (Å²) >= 11 is 1.69. The number of rotatable bonds is 4. The number of aromatic amines is 1. The number of hydrogen-bond acceptors (Lipinski definition) is 4. The van der Waals surface area contributed by atoms with Crippen molar-refractivity contribution in [1.29, 1.82) is 0 Å². The zero-order valence-corrected chi connectivity index (χ0v) is 14.8. The van der Waals surface area contributed by atoms with Gasteiger partial charge in [0.15, 0.2) is 5.82 Å². The molecule has 128 valence electrons. The van der Waals surface area contributed by atoms with Crippen LogP contribution in [-0.4, -0.2) is 35.2 Å². The monoisotopic (exact) mass is 352 g/mol. The molecule has 3 aromatic rings. The lowest BCUT2D eigenvalue weighted by molar-refractivity contribution is 0.0940. The quantitative estimate of drug-likeness (QED) is 0.756. The Kier molecular flexibility index (Phi) is 4.28. The summed E-state index contributed by atoms with van der Waals surface area (Å²) in [6.07, 6.45) is 0.929. The molecule has 0 saturated carbocycles. The molecule has 25 heavy (non-hydrogen) atoms. The summed E-state index contributed by atoms with van der Waals surface area (Å²) < 4.78 is 0. The Morgan fingerprint density at radius 1 is 1.32 bits per heavy atom. The topological polar surface area (TPSA) is 61.0 Å². The van der Waals surface area contributed by atoms with Gasteiger partial charge >= 0.3 is 0 Å². The number of anilines is 1. The number of benzene rings is 1. The molecule has 1 atom stereocenters. The van der Waals surface area contributed by atoms with Crippen molar-refractivity contribution in [2.75, 3.05) is 18.0 Å². The van der Waals surface area contributed by atoms with E-state index in [9.17, 15) is 4.79 Å². The molecule has 0 unspecified atom stereocenters. The van der Waals surface area contributed by atoms with Crippen LogP contribution in [0.25, 0.3) is 10.6 Å². The maximum atomic E-state index is 12.4. The van der Waals surface area contributed by atoms with Crippen LogP contribution in [-0.2, 0) is 0 Å². The number of carbonyl (C=O) groups is 1. The molecule has 0 bridgehead atoms. The van der Waals surface area contributed by atoms with E-state index in [1.807, 2.05) is 37.3 Å². The fourth-order valence-corrected chi connectivity index (χ4v) is 3.86. The number of thiophene rings is 1. The van der Waals surface area contributed by atoms with E-state index in [4.69, 9.17) is 0 Å². The van der Waals surface area contributed by atoms with E-state index >= 15 is 0 Å². The highest BCUT2D eigenvalue weighted by Crippen LogP contribution is 2.27. The van der Waals surface area contributed by atoms with Crippen LogP contribution in [0.5, 0.6) is 0 Å². The van der Waals surface area contributed by atoms with E-state index in [-0.39, 0.29) is 11.9 Å². The van der Waals surface area contributed by atoms with E-state index in [2.05, 4.69) is 37.9 Å². The standard InChI is InChI=1S/C19H20N4OS/c1-13-4-2-5-14(10-13)19(24)20-15-7-8-23(12-15)18-11-16(21-22-18)17-6-3-9-25-17/h2-6,9-11,15H,7-8,12H2,1H3,(H,20,24)(H,21,22)/t15-/m0/s1. The Morgan fingerprint density at radius 2 is 2.24 bits per heavy atom. The van der Waals surface area contributed by atoms with Gasteiger partial charge < -0.3 is 10.2 Å². The molecular formula is C19H20N4OS. The SMILES string of the molecule is Cc1cccc(C(=O)N[C@H]2CCN(c3cc(-c4cccs4)[nH]n3)C2)c1. The van der Waals surface area contributed by atoms with Gasteiger partial charge in [0.05, 0.1) is 10.6 Å². The fourth-order valence-electron chi connectivity index (χ4n) is 3.17. The minimum Gasteiger partial charge on any atom is -0.353 e. The number of amides is 1. The summed E-state index contributed by atoms with van der Waals surface area (Å²) in [5.41, 5.74) is 2.86. The number of hydrogen-bond donors (Lipinski definition) is 2. The van der Waals surface area contributed by atoms with Crippen molar-refractivity contribution in [3.63, 3.8) is 0 Å². The number of carbonyl (C=O) groups excluding carboxylic acids is 1. The van der Waals surface area contributed by atoms with Crippen molar-refractivity contribution in [3.05, 3.63) is 59.0 Å². The molecule has 3 heterocycles. The largest absolute Gasteiger partial charge is 0.353 e. The van der Waals surface area contributed by atoms with Crippen LogP contribution in [0.4, 0.5) is 5.82 Å². The summed E-state index contributed by atoms with van der Waals surface area (Å²) in [6.45, 7) is 3.68. The van der Waals surface area contributed by atoms with Crippen molar-refractivity contribution in [1.82, 2.24) is 15.5 Å². The Hall–Kier alpha value is -2.60. The molecule has 1 amide bonds. The minimum absolute atomic E-state index is 0.00291. The molecule has 1 aliphatic heterocycles. The number of nitrogens with one attached hydrogen (secondary N) is 2. The Bertz CT molecular complexity index is 871. The lowest BCUT2D eigenvalue weighted by Gasteiger charge is -2.16. The minimum atomic E-state index is -0.00291. The highest BCUT2D eigenvalue weighted by molar-refractivity contribution is 7.13. The molecule has 2 aromatic heterocycles. The fraction of sp³-hybridized carbons (Fsp3) is 0.263. The van der Waals surface area contributed by atoms with Crippen LogP contribution in [0.2, 0.25) is 0 Å². The van der Waals surface area contributed by atoms with Crippen LogP contribution >= 0.6 is 11.3 Å². The molecule has 4 rings (SSSR count). The molecule has 0 spiro atoms. The zero-order valence-electron chi connectivity index (χ0n) is 14.0. The summed E-state index contributed by atoms with van der Waals surface area (Å²) in [6, 6.07) is 14.0. The first-order valence-corrected chi connectivity index (χ1v) is 9.29. The smallest absolute Gasteiger partial charge is 0.251 e. The van der Waals surface area contributed by atoms with E-state index in [0.717, 1.165) is 42.1 Å². The third-order valence-corrected chi connectivity index (χ3v) is 5.38. The van der Waals surface area contributed by atoms with Gasteiger partial charge in [-0.15, -0.1) is 11.3 Å². The number of aryl methyl sites for hydroxylation is 1. The lowest BCUT2D eigenvalue weighted by Crippen LogP contribution is -2.37. The second-order valence-electron chi connectivity index (χ2n) is 6.39. The first-order valence-electron chi connectivity index (χ1n) is 8.41. The van der Waals surface area contributed by atoms with Gasteiger partial charge in [0, 0.05) is 30.8 Å². The molecule has 1 saturated heterocycles. The van der Waals surface area contributed by atoms with Gasteiger partial charge in [0.1, 0.15) is 0 Å². The predicted octanol–water partition coefficient (Wildman–Crippen LogP) is 3.46.